The molecular weight excluding hydrogens is 360 g/mol. The lowest BCUT2D eigenvalue weighted by Crippen LogP contribution is -2.49. The largest absolute Gasteiger partial charge is 0.352 e. The highest BCUT2D eigenvalue weighted by molar-refractivity contribution is 6.31. The molecule has 5 heteroatoms. The van der Waals surface area contributed by atoms with Crippen LogP contribution < -0.4 is 5.32 Å². The molecule has 4 nitrogen and oxygen atoms in total. The number of benzene rings is 2. The third-order valence-corrected chi connectivity index (χ3v) is 4.73. The third-order valence-electron chi connectivity index (χ3n) is 4.36. The van der Waals surface area contributed by atoms with Crippen molar-refractivity contribution in [3.8, 4) is 0 Å². The number of hydrogen-bond acceptors (Lipinski definition) is 2. The lowest BCUT2D eigenvalue weighted by molar-refractivity contribution is -0.140. The van der Waals surface area contributed by atoms with E-state index in [0.717, 1.165) is 11.1 Å². The Labute approximate surface area is 166 Å². The maximum atomic E-state index is 13.0. The first kappa shape index (κ1) is 21.0. The first-order valence-corrected chi connectivity index (χ1v) is 9.63. The molecule has 2 aromatic rings. The second-order valence-electron chi connectivity index (χ2n) is 6.94. The Bertz CT molecular complexity index is 762. The summed E-state index contributed by atoms with van der Waals surface area (Å²) in [5, 5.41) is 3.55. The monoisotopic (exact) mass is 386 g/mol. The average molecular weight is 387 g/mol. The molecule has 0 radical (unpaired) electrons. The number of amides is 2. The van der Waals surface area contributed by atoms with Crippen molar-refractivity contribution < 1.29 is 9.59 Å². The zero-order chi connectivity index (χ0) is 19.8. The Morgan fingerprint density at radius 2 is 1.63 bits per heavy atom. The predicted molar refractivity (Wildman–Crippen MR) is 110 cm³/mol. The van der Waals surface area contributed by atoms with Gasteiger partial charge in [-0.05, 0) is 44.4 Å². The van der Waals surface area contributed by atoms with Crippen molar-refractivity contribution in [3.63, 3.8) is 0 Å². The van der Waals surface area contributed by atoms with E-state index in [2.05, 4.69) is 5.32 Å². The van der Waals surface area contributed by atoms with E-state index in [0.29, 0.717) is 24.4 Å². The predicted octanol–water partition coefficient (Wildman–Crippen LogP) is 4.21. The Balaban J connectivity index is 2.13. The van der Waals surface area contributed by atoms with Crippen LogP contribution in [0.5, 0.6) is 0 Å². The first-order valence-electron chi connectivity index (χ1n) is 9.25. The zero-order valence-corrected chi connectivity index (χ0v) is 16.9. The summed E-state index contributed by atoms with van der Waals surface area (Å²) in [6, 6.07) is 16.7. The van der Waals surface area contributed by atoms with Crippen LogP contribution in [-0.2, 0) is 22.6 Å². The summed E-state index contributed by atoms with van der Waals surface area (Å²) in [5.74, 6) is -0.211. The maximum absolute atomic E-state index is 13.0. The van der Waals surface area contributed by atoms with Gasteiger partial charge in [0.2, 0.25) is 11.8 Å². The lowest BCUT2D eigenvalue weighted by atomic mass is 10.1. The standard InChI is InChI=1S/C22H27ClN2O2/c1-16(2)24-22(27)17(3)25(15-18-9-5-4-6-10-18)21(26)14-13-19-11-7-8-12-20(19)23/h4-12,16-17H,13-15H2,1-3H3,(H,24,27). The van der Waals surface area contributed by atoms with E-state index in [1.54, 1.807) is 11.8 Å². The summed E-state index contributed by atoms with van der Waals surface area (Å²) in [7, 11) is 0. The molecule has 0 aromatic heterocycles. The second kappa shape index (κ2) is 10.1. The van der Waals surface area contributed by atoms with Crippen molar-refractivity contribution >= 4 is 23.4 Å². The normalized spacial score (nSPS) is 11.9. The van der Waals surface area contributed by atoms with Gasteiger partial charge in [0.15, 0.2) is 0 Å². The summed E-state index contributed by atoms with van der Waals surface area (Å²) in [4.78, 5) is 27.1. The Morgan fingerprint density at radius 3 is 2.26 bits per heavy atom. The van der Waals surface area contributed by atoms with Gasteiger partial charge >= 0.3 is 0 Å². The van der Waals surface area contributed by atoms with Crippen LogP contribution in [0.1, 0.15) is 38.3 Å². The van der Waals surface area contributed by atoms with Crippen LogP contribution in [0.4, 0.5) is 0 Å². The van der Waals surface area contributed by atoms with Crippen LogP contribution in [0.25, 0.3) is 0 Å². The smallest absolute Gasteiger partial charge is 0.242 e. The van der Waals surface area contributed by atoms with E-state index in [9.17, 15) is 9.59 Å². The summed E-state index contributed by atoms with van der Waals surface area (Å²) in [5.41, 5.74) is 1.93. The summed E-state index contributed by atoms with van der Waals surface area (Å²) >= 11 is 6.20. The Kier molecular flexibility index (Phi) is 7.86. The fourth-order valence-electron chi connectivity index (χ4n) is 2.85. The van der Waals surface area contributed by atoms with Gasteiger partial charge in [0.1, 0.15) is 6.04 Å². The van der Waals surface area contributed by atoms with Crippen molar-refractivity contribution in [2.75, 3.05) is 0 Å². The molecule has 0 saturated carbocycles. The molecule has 0 saturated heterocycles. The first-order chi connectivity index (χ1) is 12.9. The van der Waals surface area contributed by atoms with E-state index in [1.807, 2.05) is 68.4 Å². The average Bonchev–Trinajstić information content (AvgIpc) is 2.65. The van der Waals surface area contributed by atoms with Crippen molar-refractivity contribution in [3.05, 3.63) is 70.7 Å². The van der Waals surface area contributed by atoms with Gasteiger partial charge in [0.05, 0.1) is 0 Å². The molecule has 0 aliphatic rings. The lowest BCUT2D eigenvalue weighted by Gasteiger charge is -2.29. The van der Waals surface area contributed by atoms with Crippen LogP contribution in [0.15, 0.2) is 54.6 Å². The molecule has 2 aromatic carbocycles. The van der Waals surface area contributed by atoms with Crippen LogP contribution in [0.2, 0.25) is 5.02 Å². The fourth-order valence-corrected chi connectivity index (χ4v) is 3.08. The Hall–Kier alpha value is -2.33. The van der Waals surface area contributed by atoms with E-state index in [-0.39, 0.29) is 17.9 Å². The molecule has 1 N–H and O–H groups in total. The second-order valence-corrected chi connectivity index (χ2v) is 7.35. The maximum Gasteiger partial charge on any atom is 0.242 e. The number of nitrogens with zero attached hydrogens (tertiary/aromatic N) is 1. The van der Waals surface area contributed by atoms with Gasteiger partial charge in [0, 0.05) is 24.0 Å². The molecule has 1 unspecified atom stereocenters. The molecule has 2 rings (SSSR count). The fraction of sp³-hybridized carbons (Fsp3) is 0.364. The quantitative estimate of drug-likeness (QED) is 0.738. The summed E-state index contributed by atoms with van der Waals surface area (Å²) in [6.45, 7) is 5.99. The molecule has 2 amide bonds. The van der Waals surface area contributed by atoms with Crippen molar-refractivity contribution in [2.24, 2.45) is 0 Å². The van der Waals surface area contributed by atoms with E-state index < -0.39 is 6.04 Å². The van der Waals surface area contributed by atoms with Crippen LogP contribution in [-0.4, -0.2) is 28.8 Å². The molecule has 0 spiro atoms. The molecular formula is C22H27ClN2O2. The SMILES string of the molecule is CC(C)NC(=O)C(C)N(Cc1ccccc1)C(=O)CCc1ccccc1Cl. The Morgan fingerprint density at radius 1 is 1.00 bits per heavy atom. The molecule has 0 fully saturated rings. The van der Waals surface area contributed by atoms with E-state index in [1.165, 1.54) is 0 Å². The third kappa shape index (κ3) is 6.40. The van der Waals surface area contributed by atoms with Gasteiger partial charge in [-0.2, -0.15) is 0 Å². The minimum absolute atomic E-state index is 0.0248. The topological polar surface area (TPSA) is 49.4 Å². The molecule has 27 heavy (non-hydrogen) atoms. The van der Waals surface area contributed by atoms with E-state index in [4.69, 9.17) is 11.6 Å². The molecule has 0 aliphatic heterocycles. The van der Waals surface area contributed by atoms with Gasteiger partial charge in [-0.25, -0.2) is 0 Å². The number of carbonyl (C=O) groups excluding carboxylic acids is 2. The minimum Gasteiger partial charge on any atom is -0.352 e. The van der Waals surface area contributed by atoms with Crippen LogP contribution in [0.3, 0.4) is 0 Å². The number of carbonyl (C=O) groups is 2. The van der Waals surface area contributed by atoms with Gasteiger partial charge in [-0.15, -0.1) is 0 Å². The molecule has 0 aliphatic carbocycles. The van der Waals surface area contributed by atoms with E-state index >= 15 is 0 Å². The highest BCUT2D eigenvalue weighted by Crippen LogP contribution is 2.18. The summed E-state index contributed by atoms with van der Waals surface area (Å²) < 4.78 is 0. The van der Waals surface area contributed by atoms with Crippen molar-refractivity contribution in [1.29, 1.82) is 0 Å². The number of hydrogen-bond donors (Lipinski definition) is 1. The van der Waals surface area contributed by atoms with Gasteiger partial charge in [-0.1, -0.05) is 60.1 Å². The number of halogens is 1. The van der Waals surface area contributed by atoms with Crippen LogP contribution in [0, 0.1) is 0 Å². The van der Waals surface area contributed by atoms with Gasteiger partial charge in [-0.3, -0.25) is 9.59 Å². The highest BCUT2D eigenvalue weighted by Gasteiger charge is 2.26. The minimum atomic E-state index is -0.550. The number of nitrogens with one attached hydrogen (secondary N) is 1. The summed E-state index contributed by atoms with van der Waals surface area (Å²) in [6.07, 6.45) is 0.845. The van der Waals surface area contributed by atoms with Gasteiger partial charge < -0.3 is 10.2 Å². The van der Waals surface area contributed by atoms with Crippen molar-refractivity contribution in [1.82, 2.24) is 10.2 Å². The van der Waals surface area contributed by atoms with Crippen LogP contribution >= 0.6 is 11.6 Å². The van der Waals surface area contributed by atoms with Gasteiger partial charge in [0.25, 0.3) is 0 Å². The molecule has 1 atom stereocenters. The zero-order valence-electron chi connectivity index (χ0n) is 16.1. The number of rotatable bonds is 8. The highest BCUT2D eigenvalue weighted by atomic mass is 35.5. The number of aryl methyl sites for hydroxylation is 1. The molecule has 144 valence electrons. The molecule has 0 bridgehead atoms. The molecule has 0 heterocycles. The van der Waals surface area contributed by atoms with Crippen molar-refractivity contribution in [2.45, 2.75) is 52.2 Å².